The van der Waals surface area contributed by atoms with E-state index in [1.54, 1.807) is 7.11 Å². The van der Waals surface area contributed by atoms with Gasteiger partial charge in [0.15, 0.2) is 0 Å². The fourth-order valence-electron chi connectivity index (χ4n) is 2.98. The average Bonchev–Trinajstić information content (AvgIpc) is 3.46. The minimum atomic E-state index is -0.501. The maximum atomic E-state index is 10.4. The van der Waals surface area contributed by atoms with Crippen molar-refractivity contribution in [1.82, 2.24) is 4.90 Å². The van der Waals surface area contributed by atoms with Gasteiger partial charge in [0.2, 0.25) is 0 Å². The van der Waals surface area contributed by atoms with Crippen molar-refractivity contribution in [3.8, 4) is 11.5 Å². The van der Waals surface area contributed by atoms with Gasteiger partial charge >= 0.3 is 0 Å². The van der Waals surface area contributed by atoms with Crippen LogP contribution >= 0.6 is 0 Å². The molecule has 1 aliphatic rings. The molecule has 4 nitrogen and oxygen atoms in total. The Morgan fingerprint density at radius 1 is 1.12 bits per heavy atom. The first-order chi connectivity index (χ1) is 12.2. The Bertz CT molecular complexity index is 667. The first-order valence-electron chi connectivity index (χ1n) is 8.89. The highest BCUT2D eigenvalue weighted by molar-refractivity contribution is 5.31. The van der Waals surface area contributed by atoms with E-state index in [4.69, 9.17) is 9.47 Å². The van der Waals surface area contributed by atoms with E-state index in [0.29, 0.717) is 19.2 Å². The minimum absolute atomic E-state index is 0.316. The molecule has 1 saturated carbocycles. The molecule has 134 valence electrons. The molecule has 0 spiro atoms. The summed E-state index contributed by atoms with van der Waals surface area (Å²) in [6.45, 7) is 3.80. The number of benzene rings is 2. The van der Waals surface area contributed by atoms with Crippen LogP contribution in [0, 0.1) is 6.92 Å². The fourth-order valence-corrected chi connectivity index (χ4v) is 2.98. The molecule has 3 rings (SSSR count). The highest BCUT2D eigenvalue weighted by Gasteiger charge is 2.30. The third-order valence-corrected chi connectivity index (χ3v) is 4.58. The SMILES string of the molecule is COc1ccc(CN(C[C@@H](O)COc2ccccc2C)C2CC2)cc1. The van der Waals surface area contributed by atoms with Crippen LogP contribution in [-0.4, -0.2) is 42.4 Å². The lowest BCUT2D eigenvalue weighted by atomic mass is 10.2. The van der Waals surface area contributed by atoms with Gasteiger partial charge in [-0.25, -0.2) is 0 Å². The lowest BCUT2D eigenvalue weighted by Crippen LogP contribution is -2.36. The zero-order valence-corrected chi connectivity index (χ0v) is 15.0. The molecule has 4 heteroatoms. The van der Waals surface area contributed by atoms with Gasteiger partial charge in [-0.15, -0.1) is 0 Å². The number of nitrogens with zero attached hydrogens (tertiary/aromatic N) is 1. The third-order valence-electron chi connectivity index (χ3n) is 4.58. The van der Waals surface area contributed by atoms with Crippen molar-refractivity contribution < 1.29 is 14.6 Å². The summed E-state index contributed by atoms with van der Waals surface area (Å²) in [4.78, 5) is 2.35. The van der Waals surface area contributed by atoms with E-state index in [9.17, 15) is 5.11 Å². The zero-order chi connectivity index (χ0) is 17.6. The van der Waals surface area contributed by atoms with Crippen LogP contribution in [0.5, 0.6) is 11.5 Å². The van der Waals surface area contributed by atoms with Crippen molar-refractivity contribution >= 4 is 0 Å². The van der Waals surface area contributed by atoms with Crippen LogP contribution in [0.2, 0.25) is 0 Å². The molecule has 1 N–H and O–H groups in total. The van der Waals surface area contributed by atoms with Gasteiger partial charge < -0.3 is 14.6 Å². The molecule has 0 radical (unpaired) electrons. The van der Waals surface area contributed by atoms with Gasteiger partial charge in [-0.2, -0.15) is 0 Å². The summed E-state index contributed by atoms with van der Waals surface area (Å²) < 4.78 is 11.0. The van der Waals surface area contributed by atoms with E-state index in [1.165, 1.54) is 18.4 Å². The second-order valence-electron chi connectivity index (χ2n) is 6.74. The van der Waals surface area contributed by atoms with Crippen LogP contribution in [0.3, 0.4) is 0 Å². The maximum absolute atomic E-state index is 10.4. The summed E-state index contributed by atoms with van der Waals surface area (Å²) in [7, 11) is 1.68. The molecule has 0 bridgehead atoms. The molecule has 0 aliphatic heterocycles. The molecule has 0 heterocycles. The molecule has 0 unspecified atom stereocenters. The minimum Gasteiger partial charge on any atom is -0.497 e. The van der Waals surface area contributed by atoms with Gasteiger partial charge in [0.1, 0.15) is 24.2 Å². The number of aliphatic hydroxyl groups excluding tert-OH is 1. The molecule has 0 amide bonds. The topological polar surface area (TPSA) is 41.9 Å². The summed E-state index contributed by atoms with van der Waals surface area (Å²) in [5.74, 6) is 1.71. The number of hydrogen-bond donors (Lipinski definition) is 1. The molecule has 25 heavy (non-hydrogen) atoms. The number of aliphatic hydroxyl groups is 1. The first-order valence-corrected chi connectivity index (χ1v) is 8.89. The largest absolute Gasteiger partial charge is 0.497 e. The molecule has 1 atom stereocenters. The smallest absolute Gasteiger partial charge is 0.122 e. The van der Waals surface area contributed by atoms with Gasteiger partial charge in [-0.05, 0) is 49.1 Å². The number of methoxy groups -OCH3 is 1. The summed E-state index contributed by atoms with van der Waals surface area (Å²) in [5, 5.41) is 10.4. The normalized spacial score (nSPS) is 15.2. The Labute approximate surface area is 150 Å². The lowest BCUT2D eigenvalue weighted by Gasteiger charge is -2.25. The first kappa shape index (κ1) is 17.8. The summed E-state index contributed by atoms with van der Waals surface area (Å²) in [6.07, 6.45) is 1.92. The van der Waals surface area contributed by atoms with Crippen molar-refractivity contribution in [3.63, 3.8) is 0 Å². The number of hydrogen-bond acceptors (Lipinski definition) is 4. The van der Waals surface area contributed by atoms with Crippen LogP contribution in [0.4, 0.5) is 0 Å². The van der Waals surface area contributed by atoms with Gasteiger partial charge in [-0.3, -0.25) is 4.90 Å². The third kappa shape index (κ3) is 5.21. The maximum Gasteiger partial charge on any atom is 0.122 e. The Balaban J connectivity index is 1.53. The summed E-state index contributed by atoms with van der Waals surface area (Å²) >= 11 is 0. The van der Waals surface area contributed by atoms with Gasteiger partial charge in [0.25, 0.3) is 0 Å². The van der Waals surface area contributed by atoms with E-state index in [0.717, 1.165) is 23.6 Å². The monoisotopic (exact) mass is 341 g/mol. The van der Waals surface area contributed by atoms with Crippen molar-refractivity contribution in [2.45, 2.75) is 38.5 Å². The predicted octanol–water partition coefficient (Wildman–Crippen LogP) is 3.41. The van der Waals surface area contributed by atoms with Crippen LogP contribution in [-0.2, 0) is 6.54 Å². The molecule has 0 saturated heterocycles. The Morgan fingerprint density at radius 2 is 1.84 bits per heavy atom. The second-order valence-corrected chi connectivity index (χ2v) is 6.74. The van der Waals surface area contributed by atoms with Crippen LogP contribution in [0.25, 0.3) is 0 Å². The summed E-state index contributed by atoms with van der Waals surface area (Å²) in [5.41, 5.74) is 2.33. The quantitative estimate of drug-likeness (QED) is 0.759. The number of para-hydroxylation sites is 1. The van der Waals surface area contributed by atoms with E-state index < -0.39 is 6.10 Å². The number of ether oxygens (including phenoxy) is 2. The van der Waals surface area contributed by atoms with Crippen LogP contribution in [0.1, 0.15) is 24.0 Å². The summed E-state index contributed by atoms with van der Waals surface area (Å²) in [6, 6.07) is 16.6. The highest BCUT2D eigenvalue weighted by atomic mass is 16.5. The van der Waals surface area contributed by atoms with Crippen LogP contribution < -0.4 is 9.47 Å². The van der Waals surface area contributed by atoms with Crippen LogP contribution in [0.15, 0.2) is 48.5 Å². The standard InChI is InChI=1S/C21H27NO3/c1-16-5-3-4-6-21(16)25-15-19(23)14-22(18-9-10-18)13-17-7-11-20(24-2)12-8-17/h3-8,11-12,18-19,23H,9-10,13-15H2,1-2H3/t19-/m1/s1. The number of aryl methyl sites for hydroxylation is 1. The van der Waals surface area contributed by atoms with Crippen molar-refractivity contribution in [2.75, 3.05) is 20.3 Å². The van der Waals surface area contributed by atoms with Gasteiger partial charge in [0.05, 0.1) is 7.11 Å². The fraction of sp³-hybridized carbons (Fsp3) is 0.429. The molecular weight excluding hydrogens is 314 g/mol. The Kier molecular flexibility index (Phi) is 5.95. The average molecular weight is 341 g/mol. The molecule has 1 fully saturated rings. The zero-order valence-electron chi connectivity index (χ0n) is 15.0. The predicted molar refractivity (Wildman–Crippen MR) is 99.1 cm³/mol. The molecule has 2 aromatic rings. The Hall–Kier alpha value is -2.04. The molecular formula is C21H27NO3. The van der Waals surface area contributed by atoms with Crippen molar-refractivity contribution in [3.05, 3.63) is 59.7 Å². The van der Waals surface area contributed by atoms with Crippen molar-refractivity contribution in [2.24, 2.45) is 0 Å². The second kappa shape index (κ2) is 8.37. The van der Waals surface area contributed by atoms with E-state index in [2.05, 4.69) is 17.0 Å². The van der Waals surface area contributed by atoms with Crippen molar-refractivity contribution in [1.29, 1.82) is 0 Å². The van der Waals surface area contributed by atoms with Gasteiger partial charge in [-0.1, -0.05) is 30.3 Å². The number of rotatable bonds is 9. The van der Waals surface area contributed by atoms with E-state index in [1.807, 2.05) is 43.3 Å². The Morgan fingerprint density at radius 3 is 2.48 bits per heavy atom. The van der Waals surface area contributed by atoms with E-state index in [-0.39, 0.29) is 0 Å². The van der Waals surface area contributed by atoms with E-state index >= 15 is 0 Å². The van der Waals surface area contributed by atoms with Gasteiger partial charge in [0, 0.05) is 19.1 Å². The lowest BCUT2D eigenvalue weighted by molar-refractivity contribution is 0.0624. The molecule has 2 aromatic carbocycles. The highest BCUT2D eigenvalue weighted by Crippen LogP contribution is 2.29. The molecule has 0 aromatic heterocycles. The molecule has 1 aliphatic carbocycles.